The summed E-state index contributed by atoms with van der Waals surface area (Å²) in [7, 11) is 0. The molecular formula is C13H21NOS. The Bertz CT molecular complexity index is 304. The van der Waals surface area contributed by atoms with Crippen LogP contribution in [0.2, 0.25) is 0 Å². The van der Waals surface area contributed by atoms with Gasteiger partial charge in [0.05, 0.1) is 6.61 Å². The first-order valence-corrected chi connectivity index (χ1v) is 6.90. The fraction of sp³-hybridized carbons (Fsp3) is 0.538. The van der Waals surface area contributed by atoms with E-state index in [0.717, 1.165) is 18.1 Å². The van der Waals surface area contributed by atoms with E-state index in [0.29, 0.717) is 0 Å². The molecular weight excluding hydrogens is 218 g/mol. The topological polar surface area (TPSA) is 32.3 Å². The average Bonchev–Trinajstić information content (AvgIpc) is 2.30. The first-order chi connectivity index (χ1) is 7.77. The van der Waals surface area contributed by atoms with Crippen molar-refractivity contribution in [2.75, 3.05) is 18.9 Å². The molecule has 0 amide bonds. The zero-order chi connectivity index (χ0) is 11.8. The molecule has 2 N–H and O–H groups in total. The van der Waals surface area contributed by atoms with Gasteiger partial charge in [0.2, 0.25) is 0 Å². The summed E-state index contributed by atoms with van der Waals surface area (Å²) in [5.74, 6) is 1.98. The lowest BCUT2D eigenvalue weighted by Crippen LogP contribution is -2.34. The molecule has 0 saturated heterocycles. The second-order valence-electron chi connectivity index (χ2n) is 3.88. The Morgan fingerprint density at radius 1 is 1.38 bits per heavy atom. The van der Waals surface area contributed by atoms with Gasteiger partial charge in [-0.05, 0) is 24.6 Å². The van der Waals surface area contributed by atoms with E-state index in [2.05, 4.69) is 43.4 Å². The molecule has 2 nitrogen and oxygen atoms in total. The van der Waals surface area contributed by atoms with Gasteiger partial charge in [0.1, 0.15) is 0 Å². The van der Waals surface area contributed by atoms with Crippen molar-refractivity contribution in [3.8, 4) is 0 Å². The van der Waals surface area contributed by atoms with Gasteiger partial charge >= 0.3 is 0 Å². The predicted molar refractivity (Wildman–Crippen MR) is 71.9 cm³/mol. The predicted octanol–water partition coefficient (Wildman–Crippen LogP) is 2.20. The van der Waals surface area contributed by atoms with Crippen LogP contribution in [0.25, 0.3) is 0 Å². The van der Waals surface area contributed by atoms with Crippen LogP contribution in [0.15, 0.2) is 24.3 Å². The largest absolute Gasteiger partial charge is 0.395 e. The van der Waals surface area contributed by atoms with E-state index in [1.807, 2.05) is 11.8 Å². The van der Waals surface area contributed by atoms with E-state index in [1.165, 1.54) is 11.1 Å². The first-order valence-electron chi connectivity index (χ1n) is 5.74. The molecule has 0 aliphatic carbocycles. The zero-order valence-corrected chi connectivity index (χ0v) is 10.9. The molecule has 0 fully saturated rings. The van der Waals surface area contributed by atoms with Crippen molar-refractivity contribution in [2.24, 2.45) is 0 Å². The maximum absolute atomic E-state index is 9.13. The fourth-order valence-corrected chi connectivity index (χ4v) is 2.72. The minimum absolute atomic E-state index is 0.217. The van der Waals surface area contributed by atoms with Crippen molar-refractivity contribution in [3.63, 3.8) is 0 Å². The van der Waals surface area contributed by atoms with Crippen molar-refractivity contribution in [1.82, 2.24) is 5.32 Å². The number of aryl methyl sites for hydroxylation is 1. The van der Waals surface area contributed by atoms with Crippen LogP contribution >= 0.6 is 11.8 Å². The second kappa shape index (κ2) is 7.71. The Morgan fingerprint density at radius 2 is 2.12 bits per heavy atom. The van der Waals surface area contributed by atoms with Crippen molar-refractivity contribution >= 4 is 11.8 Å². The molecule has 90 valence electrons. The number of nitrogens with one attached hydrogen (secondary N) is 1. The molecule has 16 heavy (non-hydrogen) atoms. The van der Waals surface area contributed by atoms with Crippen molar-refractivity contribution in [3.05, 3.63) is 35.4 Å². The van der Waals surface area contributed by atoms with Crippen LogP contribution in [0.3, 0.4) is 0 Å². The Hall–Kier alpha value is -0.510. The quantitative estimate of drug-likeness (QED) is 0.765. The van der Waals surface area contributed by atoms with Crippen LogP contribution in [-0.4, -0.2) is 30.1 Å². The normalized spacial score (nSPS) is 12.7. The van der Waals surface area contributed by atoms with Crippen molar-refractivity contribution in [2.45, 2.75) is 25.6 Å². The highest BCUT2D eigenvalue weighted by Gasteiger charge is 2.05. The van der Waals surface area contributed by atoms with Crippen LogP contribution < -0.4 is 5.32 Å². The number of aliphatic hydroxyl groups is 1. The molecule has 0 heterocycles. The Labute approximate surface area is 102 Å². The van der Waals surface area contributed by atoms with Gasteiger partial charge in [-0.3, -0.25) is 0 Å². The van der Waals surface area contributed by atoms with Gasteiger partial charge in [0.25, 0.3) is 0 Å². The first kappa shape index (κ1) is 13.6. The van der Waals surface area contributed by atoms with Gasteiger partial charge in [-0.15, -0.1) is 0 Å². The lowest BCUT2D eigenvalue weighted by molar-refractivity contribution is 0.255. The summed E-state index contributed by atoms with van der Waals surface area (Å²) in [6.07, 6.45) is 0. The number of thioether (sulfide) groups is 1. The maximum Gasteiger partial charge on any atom is 0.0592 e. The average molecular weight is 239 g/mol. The van der Waals surface area contributed by atoms with Gasteiger partial charge < -0.3 is 10.4 Å². The molecule has 1 aromatic carbocycles. The highest BCUT2D eigenvalue weighted by Crippen LogP contribution is 2.16. The molecule has 0 bridgehead atoms. The van der Waals surface area contributed by atoms with Gasteiger partial charge in [-0.2, -0.15) is 11.8 Å². The van der Waals surface area contributed by atoms with E-state index in [-0.39, 0.29) is 12.6 Å². The van der Waals surface area contributed by atoms with E-state index in [9.17, 15) is 0 Å². The third-order valence-corrected chi connectivity index (χ3v) is 3.70. The van der Waals surface area contributed by atoms with Crippen LogP contribution in [0.4, 0.5) is 0 Å². The smallest absolute Gasteiger partial charge is 0.0592 e. The van der Waals surface area contributed by atoms with Crippen LogP contribution in [0.1, 0.15) is 18.1 Å². The van der Waals surface area contributed by atoms with Crippen molar-refractivity contribution in [1.29, 1.82) is 0 Å². The molecule has 1 atom stereocenters. The zero-order valence-electron chi connectivity index (χ0n) is 10.1. The summed E-state index contributed by atoms with van der Waals surface area (Å²) in [5, 5.41) is 12.4. The maximum atomic E-state index is 9.13. The van der Waals surface area contributed by atoms with Gasteiger partial charge in [-0.25, -0.2) is 0 Å². The molecule has 0 aliphatic rings. The molecule has 0 aliphatic heterocycles. The molecule has 0 aromatic heterocycles. The van der Waals surface area contributed by atoms with E-state index >= 15 is 0 Å². The summed E-state index contributed by atoms with van der Waals surface area (Å²) < 4.78 is 0. The second-order valence-corrected chi connectivity index (χ2v) is 4.91. The van der Waals surface area contributed by atoms with Crippen LogP contribution in [0, 0.1) is 6.92 Å². The SMILES string of the molecule is CCNC(CO)CSCc1ccccc1C. The van der Waals surface area contributed by atoms with E-state index < -0.39 is 0 Å². The summed E-state index contributed by atoms with van der Waals surface area (Å²) in [6.45, 7) is 5.34. The number of likely N-dealkylation sites (N-methyl/N-ethyl adjacent to an activating group) is 1. The summed E-state index contributed by atoms with van der Waals surface area (Å²) in [6, 6.07) is 8.68. The Kier molecular flexibility index (Phi) is 6.53. The summed E-state index contributed by atoms with van der Waals surface area (Å²) >= 11 is 1.87. The highest BCUT2D eigenvalue weighted by molar-refractivity contribution is 7.98. The lowest BCUT2D eigenvalue weighted by Gasteiger charge is -2.14. The molecule has 3 heteroatoms. The molecule has 0 spiro atoms. The van der Waals surface area contributed by atoms with Gasteiger partial charge in [0.15, 0.2) is 0 Å². The minimum atomic E-state index is 0.217. The molecule has 1 aromatic rings. The third kappa shape index (κ3) is 4.56. The third-order valence-electron chi connectivity index (χ3n) is 2.55. The Balaban J connectivity index is 2.32. The standard InChI is InChI=1S/C13H21NOS/c1-3-14-13(8-15)10-16-9-12-7-5-4-6-11(12)2/h4-7,13-15H,3,8-10H2,1-2H3. The number of rotatable bonds is 7. The van der Waals surface area contributed by atoms with Crippen LogP contribution in [0.5, 0.6) is 0 Å². The van der Waals surface area contributed by atoms with E-state index in [1.54, 1.807) is 0 Å². The fourth-order valence-electron chi connectivity index (χ4n) is 1.55. The van der Waals surface area contributed by atoms with Crippen LogP contribution in [-0.2, 0) is 5.75 Å². The van der Waals surface area contributed by atoms with Gasteiger partial charge in [0, 0.05) is 17.5 Å². The van der Waals surface area contributed by atoms with Gasteiger partial charge in [-0.1, -0.05) is 31.2 Å². The monoisotopic (exact) mass is 239 g/mol. The minimum Gasteiger partial charge on any atom is -0.395 e. The molecule has 0 radical (unpaired) electrons. The highest BCUT2D eigenvalue weighted by atomic mass is 32.2. The molecule has 1 rings (SSSR count). The summed E-state index contributed by atoms with van der Waals surface area (Å²) in [4.78, 5) is 0. The molecule has 1 unspecified atom stereocenters. The Morgan fingerprint density at radius 3 is 2.75 bits per heavy atom. The van der Waals surface area contributed by atoms with E-state index in [4.69, 9.17) is 5.11 Å². The number of aliphatic hydroxyl groups excluding tert-OH is 1. The number of benzene rings is 1. The number of hydrogen-bond donors (Lipinski definition) is 2. The number of hydrogen-bond acceptors (Lipinski definition) is 3. The lowest BCUT2D eigenvalue weighted by atomic mass is 10.1. The van der Waals surface area contributed by atoms with Crippen molar-refractivity contribution < 1.29 is 5.11 Å². The summed E-state index contributed by atoms with van der Waals surface area (Å²) in [5.41, 5.74) is 2.74. The molecule has 0 saturated carbocycles.